The molecule has 0 saturated carbocycles. The van der Waals surface area contributed by atoms with E-state index in [1.165, 1.54) is 102 Å². The van der Waals surface area contributed by atoms with Gasteiger partial charge in [-0.3, -0.25) is 0 Å². The van der Waals surface area contributed by atoms with Crippen LogP contribution in [0.1, 0.15) is 0 Å². The number of hydrogen-bond acceptors (Lipinski definition) is 0. The first-order valence-electron chi connectivity index (χ1n) is 26.1. The molecule has 0 N–H and O–H groups in total. The molecule has 0 saturated heterocycles. The Morgan fingerprint density at radius 1 is 0.211 bits per heavy atom. The lowest BCUT2D eigenvalue weighted by Crippen LogP contribution is -2.06. The summed E-state index contributed by atoms with van der Waals surface area (Å²) in [6.45, 7) is 0. The van der Waals surface area contributed by atoms with Crippen LogP contribution in [0.25, 0.3) is 105 Å². The highest BCUT2D eigenvalue weighted by Gasteiger charge is 2.34. The number of benzene rings is 12. The third-order valence-electron chi connectivity index (χ3n) is 15.5. The van der Waals surface area contributed by atoms with Crippen molar-refractivity contribution in [1.82, 2.24) is 13.7 Å². The Bertz CT molecular complexity index is 4640. The zero-order valence-corrected chi connectivity index (χ0v) is 42.4. The Morgan fingerprint density at radius 2 is 0.618 bits per heavy atom. The van der Waals surface area contributed by atoms with Crippen LogP contribution in [0.2, 0.25) is 0 Å². The molecular weight excluding hydrogens is 939 g/mol. The van der Waals surface area contributed by atoms with Crippen LogP contribution < -0.4 is 0 Å². The van der Waals surface area contributed by atoms with Crippen molar-refractivity contribution in [3.8, 4) is 39.3 Å². The average molecular weight is 988 g/mol. The summed E-state index contributed by atoms with van der Waals surface area (Å²) in [5.74, 6) is 0. The van der Waals surface area contributed by atoms with Crippen molar-refractivity contribution in [3.63, 3.8) is 0 Å². The molecule has 0 spiro atoms. The molecule has 76 heavy (non-hydrogen) atoms. The van der Waals surface area contributed by atoms with Gasteiger partial charge < -0.3 is 13.7 Å². The van der Waals surface area contributed by atoms with Gasteiger partial charge >= 0.3 is 0 Å². The first kappa shape index (κ1) is 43.9. The van der Waals surface area contributed by atoms with Crippen molar-refractivity contribution in [3.05, 3.63) is 297 Å². The molecular formula is C72H49N3S. The van der Waals surface area contributed by atoms with Gasteiger partial charge in [-0.05, 0) is 138 Å². The smallest absolute Gasteiger partial charge is 0.0547 e. The molecule has 3 aromatic heterocycles. The van der Waals surface area contributed by atoms with Gasteiger partial charge in [0.25, 0.3) is 0 Å². The molecule has 0 unspecified atom stereocenters. The quantitative estimate of drug-likeness (QED) is 0.137. The van der Waals surface area contributed by atoms with E-state index in [2.05, 4.69) is 311 Å². The molecule has 358 valence electrons. The second-order valence-electron chi connectivity index (χ2n) is 19.6. The van der Waals surface area contributed by atoms with E-state index in [1.807, 2.05) is 0 Å². The van der Waals surface area contributed by atoms with Gasteiger partial charge in [-0.25, -0.2) is 0 Å². The Hall–Kier alpha value is -9.61. The molecule has 15 aromatic rings. The summed E-state index contributed by atoms with van der Waals surface area (Å²) in [7, 11) is -2.09. The minimum absolute atomic E-state index is 1.13. The van der Waals surface area contributed by atoms with Gasteiger partial charge in [0.05, 0.1) is 33.1 Å². The third kappa shape index (κ3) is 6.71. The molecule has 4 heteroatoms. The van der Waals surface area contributed by atoms with Crippen LogP contribution >= 0.6 is 10.0 Å². The minimum Gasteiger partial charge on any atom is -0.309 e. The molecule has 0 bridgehead atoms. The summed E-state index contributed by atoms with van der Waals surface area (Å²) in [6, 6.07) is 110. The van der Waals surface area contributed by atoms with Gasteiger partial charge in [0.1, 0.15) is 0 Å². The highest BCUT2D eigenvalue weighted by Crippen LogP contribution is 2.74. The van der Waals surface area contributed by atoms with Crippen molar-refractivity contribution in [2.45, 2.75) is 19.6 Å². The second kappa shape index (κ2) is 17.8. The summed E-state index contributed by atoms with van der Waals surface area (Å²) in [4.78, 5) is 5.13. The van der Waals surface area contributed by atoms with E-state index in [4.69, 9.17) is 0 Å². The Kier molecular flexibility index (Phi) is 10.3. The van der Waals surface area contributed by atoms with E-state index < -0.39 is 10.0 Å². The lowest BCUT2D eigenvalue weighted by molar-refractivity contribution is 1.14. The first-order valence-corrected chi connectivity index (χ1v) is 27.7. The molecule has 15 rings (SSSR count). The van der Waals surface area contributed by atoms with Crippen LogP contribution in [-0.2, 0) is 0 Å². The van der Waals surface area contributed by atoms with Crippen molar-refractivity contribution in [1.29, 1.82) is 0 Å². The van der Waals surface area contributed by atoms with Crippen LogP contribution in [0.5, 0.6) is 0 Å². The summed E-state index contributed by atoms with van der Waals surface area (Å²) in [5, 5.41) is 7.40. The molecule has 0 radical (unpaired) electrons. The molecule has 0 atom stereocenters. The summed E-state index contributed by atoms with van der Waals surface area (Å²) in [5.41, 5.74) is 15.4. The summed E-state index contributed by atoms with van der Waals surface area (Å²) in [6.07, 6.45) is 0. The number of aromatic nitrogens is 3. The highest BCUT2D eigenvalue weighted by atomic mass is 32.3. The fourth-order valence-electron chi connectivity index (χ4n) is 12.4. The van der Waals surface area contributed by atoms with E-state index in [-0.39, 0.29) is 0 Å². The Morgan fingerprint density at radius 3 is 1.29 bits per heavy atom. The van der Waals surface area contributed by atoms with Gasteiger partial charge in [-0.1, -0.05) is 182 Å². The maximum atomic E-state index is 2.50. The van der Waals surface area contributed by atoms with Crippen LogP contribution in [0.4, 0.5) is 0 Å². The maximum absolute atomic E-state index is 2.50. The maximum Gasteiger partial charge on any atom is 0.0547 e. The fourth-order valence-corrected chi connectivity index (χ4v) is 16.3. The van der Waals surface area contributed by atoms with E-state index in [0.717, 1.165) is 22.6 Å². The molecule has 12 aromatic carbocycles. The first-order chi connectivity index (χ1) is 37.7. The molecule has 0 aliphatic heterocycles. The highest BCUT2D eigenvalue weighted by molar-refractivity contribution is 8.34. The van der Waals surface area contributed by atoms with Gasteiger partial charge in [0.15, 0.2) is 0 Å². The van der Waals surface area contributed by atoms with Crippen LogP contribution in [0, 0.1) is 0 Å². The summed E-state index contributed by atoms with van der Waals surface area (Å²) >= 11 is 0. The second-order valence-corrected chi connectivity index (χ2v) is 22.7. The van der Waals surface area contributed by atoms with Gasteiger partial charge in [0.2, 0.25) is 0 Å². The molecule has 0 aliphatic rings. The van der Waals surface area contributed by atoms with Gasteiger partial charge in [0, 0.05) is 69.0 Å². The Labute approximate surface area is 442 Å². The van der Waals surface area contributed by atoms with Crippen molar-refractivity contribution in [2.24, 2.45) is 0 Å². The lowest BCUT2D eigenvalue weighted by Gasteiger charge is -2.42. The third-order valence-corrected chi connectivity index (χ3v) is 19.4. The topological polar surface area (TPSA) is 14.8 Å². The van der Waals surface area contributed by atoms with Crippen molar-refractivity contribution < 1.29 is 0 Å². The predicted octanol–water partition coefficient (Wildman–Crippen LogP) is 19.7. The SMILES string of the molecule is c1ccc(-c2ccccc2-c2cccc3c2c2ccccc2n3-c2ccc3c(c2)c2ccccc2n3-c2cccc(S(c3ccccc3)(c3ccccc3)c3ccc4c(c3)c3ccccc3n4-c3ccccc3)c2)cc1. The van der Waals surface area contributed by atoms with E-state index in [1.54, 1.807) is 0 Å². The monoisotopic (exact) mass is 987 g/mol. The Balaban J connectivity index is 0.939. The number of nitrogens with zero attached hydrogens (tertiary/aromatic N) is 3. The normalized spacial score (nSPS) is 12.2. The summed E-state index contributed by atoms with van der Waals surface area (Å²) < 4.78 is 7.37. The van der Waals surface area contributed by atoms with E-state index >= 15 is 0 Å². The zero-order chi connectivity index (χ0) is 50.2. The molecule has 0 aliphatic carbocycles. The van der Waals surface area contributed by atoms with Crippen LogP contribution in [0.15, 0.2) is 317 Å². The van der Waals surface area contributed by atoms with E-state index in [0.29, 0.717) is 0 Å². The van der Waals surface area contributed by atoms with Crippen LogP contribution in [0.3, 0.4) is 0 Å². The standard InChI is InChI=1S/C72H49N3S/c1-5-23-50(24-6-1)58-33-13-14-34-59(58)62-38-22-42-71-72(62)63-37-17-20-41-68(63)75(71)53-43-45-69-64(48-53)60-35-15-19-40-67(60)74(69)52-27-21-32-56(47-52)76(54-28-9-3-10-29-54,55-30-11-4-12-31-55)57-44-46-70-65(49-57)61-36-16-18-39-66(61)73(70)51-25-7-2-8-26-51/h1-49H. The number of para-hydroxylation sites is 4. The van der Waals surface area contributed by atoms with Crippen molar-refractivity contribution >= 4 is 75.4 Å². The molecule has 0 amide bonds. The van der Waals surface area contributed by atoms with E-state index in [9.17, 15) is 0 Å². The predicted molar refractivity (Wildman–Crippen MR) is 320 cm³/mol. The van der Waals surface area contributed by atoms with Gasteiger partial charge in [-0.15, -0.1) is 10.0 Å². The largest absolute Gasteiger partial charge is 0.309 e. The van der Waals surface area contributed by atoms with Gasteiger partial charge in [-0.2, -0.15) is 0 Å². The zero-order valence-electron chi connectivity index (χ0n) is 41.5. The van der Waals surface area contributed by atoms with Crippen molar-refractivity contribution in [2.75, 3.05) is 0 Å². The fraction of sp³-hybridized carbons (Fsp3) is 0. The molecule has 3 heterocycles. The number of rotatable bonds is 9. The average Bonchev–Trinajstić information content (AvgIpc) is 4.15. The lowest BCUT2D eigenvalue weighted by atomic mass is 9.92. The molecule has 3 nitrogen and oxygen atoms in total. The van der Waals surface area contributed by atoms with Crippen LogP contribution in [-0.4, -0.2) is 13.7 Å². The molecule has 0 fully saturated rings. The number of fused-ring (bicyclic) bond motifs is 9. The number of hydrogen-bond donors (Lipinski definition) is 0. The minimum atomic E-state index is -2.09.